The number of hydrogen-bond donors (Lipinski definition) is 2. The van der Waals surface area contributed by atoms with Crippen molar-refractivity contribution in [1.82, 2.24) is 24.8 Å². The summed E-state index contributed by atoms with van der Waals surface area (Å²) in [6.07, 6.45) is -1.06. The number of fused-ring (bicyclic) bond motifs is 2. The second-order valence-electron chi connectivity index (χ2n) is 6.61. The highest BCUT2D eigenvalue weighted by atomic mass is 35.5. The van der Waals surface area contributed by atoms with E-state index in [2.05, 4.69) is 20.3 Å². The number of nitrogens with zero attached hydrogens (tertiary/aromatic N) is 4. The van der Waals surface area contributed by atoms with Crippen molar-refractivity contribution in [3.63, 3.8) is 0 Å². The van der Waals surface area contributed by atoms with Crippen molar-refractivity contribution in [2.45, 2.75) is 51.1 Å². The van der Waals surface area contributed by atoms with E-state index in [1.165, 1.54) is 6.33 Å². The summed E-state index contributed by atoms with van der Waals surface area (Å²) < 4.78 is 19.5. The monoisotopic (exact) mass is 382 g/mol. The Hall–Kier alpha value is -2.01. The number of hydrogen-bond acceptors (Lipinski definition) is 8. The van der Waals surface area contributed by atoms with Gasteiger partial charge in [-0.2, -0.15) is 9.97 Å². The minimum atomic E-state index is -0.843. The number of rotatable bonds is 3. The molecular weight excluding hydrogens is 364 g/mol. The molecule has 2 saturated heterocycles. The molecule has 2 aromatic rings. The van der Waals surface area contributed by atoms with Crippen LogP contribution in [0.3, 0.4) is 0 Å². The first-order chi connectivity index (χ1) is 12.3. The second-order valence-corrected chi connectivity index (χ2v) is 6.95. The maximum atomic E-state index is 12.4. The maximum absolute atomic E-state index is 12.4. The molecule has 2 aliphatic rings. The molecule has 0 unspecified atom stereocenters. The number of halogens is 1. The zero-order valence-electron chi connectivity index (χ0n) is 14.5. The topological polar surface area (TPSA) is 126 Å². The van der Waals surface area contributed by atoms with Crippen LogP contribution in [0, 0.1) is 0 Å². The van der Waals surface area contributed by atoms with E-state index >= 15 is 0 Å². The third-order valence-electron chi connectivity index (χ3n) is 4.33. The molecule has 1 amide bonds. The molecule has 2 aromatic heterocycles. The van der Waals surface area contributed by atoms with E-state index < -0.39 is 30.3 Å². The first kappa shape index (κ1) is 17.4. The number of nitrogen functional groups attached to an aromatic ring is 1. The molecule has 0 aromatic carbocycles. The van der Waals surface area contributed by atoms with Gasteiger partial charge in [0.1, 0.15) is 17.7 Å². The van der Waals surface area contributed by atoms with Gasteiger partial charge in [0, 0.05) is 6.54 Å². The average Bonchev–Trinajstić information content (AvgIpc) is 3.18. The lowest BCUT2D eigenvalue weighted by atomic mass is 10.1. The van der Waals surface area contributed by atoms with Crippen molar-refractivity contribution in [3.05, 3.63) is 11.6 Å². The molecule has 0 aliphatic carbocycles. The van der Waals surface area contributed by atoms with Gasteiger partial charge in [0.05, 0.1) is 6.33 Å². The standard InChI is InChI=1S/C15H19ClN6O4/c1-4-18-12(23)8-7-9(26-15(2,3)25-7)13(24-8)22-5-19-6-10(17)20-14(16)21-11(6)22/h5,7-9,13H,4H2,1-3H3,(H,18,23)(H2,17,20,21)/t7-,8-,9+,13+/m1/s1. The molecule has 0 radical (unpaired) electrons. The van der Waals surface area contributed by atoms with Gasteiger partial charge in [0.15, 0.2) is 29.6 Å². The fourth-order valence-electron chi connectivity index (χ4n) is 3.38. The Morgan fingerprint density at radius 3 is 2.85 bits per heavy atom. The summed E-state index contributed by atoms with van der Waals surface area (Å²) in [7, 11) is 0. The van der Waals surface area contributed by atoms with Crippen molar-refractivity contribution in [2.75, 3.05) is 12.3 Å². The fraction of sp³-hybridized carbons (Fsp3) is 0.600. The van der Waals surface area contributed by atoms with Crippen LogP contribution in [-0.4, -0.2) is 56.1 Å². The number of ether oxygens (including phenoxy) is 3. The Morgan fingerprint density at radius 1 is 1.38 bits per heavy atom. The lowest BCUT2D eigenvalue weighted by Crippen LogP contribution is -2.42. The first-order valence-corrected chi connectivity index (χ1v) is 8.63. The van der Waals surface area contributed by atoms with Crippen LogP contribution in [0.15, 0.2) is 6.33 Å². The maximum Gasteiger partial charge on any atom is 0.252 e. The lowest BCUT2D eigenvalue weighted by molar-refractivity contribution is -0.197. The van der Waals surface area contributed by atoms with Crippen LogP contribution in [-0.2, 0) is 19.0 Å². The Labute approximate surface area is 154 Å². The molecule has 140 valence electrons. The molecule has 4 atom stereocenters. The zero-order chi connectivity index (χ0) is 18.6. The molecule has 10 nitrogen and oxygen atoms in total. The Morgan fingerprint density at radius 2 is 2.12 bits per heavy atom. The summed E-state index contributed by atoms with van der Waals surface area (Å²) in [5, 5.41) is 2.75. The van der Waals surface area contributed by atoms with Crippen LogP contribution in [0.4, 0.5) is 5.82 Å². The van der Waals surface area contributed by atoms with Gasteiger partial charge in [-0.3, -0.25) is 9.36 Å². The summed E-state index contributed by atoms with van der Waals surface area (Å²) in [6, 6.07) is 0. The summed E-state index contributed by atoms with van der Waals surface area (Å²) >= 11 is 5.93. The first-order valence-electron chi connectivity index (χ1n) is 8.25. The van der Waals surface area contributed by atoms with Crippen LogP contribution in [0.5, 0.6) is 0 Å². The molecule has 11 heteroatoms. The third kappa shape index (κ3) is 2.69. The van der Waals surface area contributed by atoms with Gasteiger partial charge >= 0.3 is 0 Å². The quantitative estimate of drug-likeness (QED) is 0.739. The molecule has 2 aliphatic heterocycles. The number of nitrogens with one attached hydrogen (secondary N) is 1. The molecule has 0 bridgehead atoms. The fourth-order valence-corrected chi connectivity index (χ4v) is 3.55. The smallest absolute Gasteiger partial charge is 0.252 e. The van der Waals surface area contributed by atoms with Crippen LogP contribution in [0.25, 0.3) is 11.2 Å². The number of carbonyl (C=O) groups excluding carboxylic acids is 1. The molecule has 0 saturated carbocycles. The minimum absolute atomic E-state index is 0.00417. The number of nitrogens with two attached hydrogens (primary N) is 1. The summed E-state index contributed by atoms with van der Waals surface area (Å²) in [5.41, 5.74) is 6.66. The molecule has 3 N–H and O–H groups in total. The summed E-state index contributed by atoms with van der Waals surface area (Å²) in [5.74, 6) is -0.940. The summed E-state index contributed by atoms with van der Waals surface area (Å²) in [4.78, 5) is 24.8. The van der Waals surface area contributed by atoms with Crippen LogP contribution in [0.2, 0.25) is 5.28 Å². The molecular formula is C15H19ClN6O4. The Bertz CT molecular complexity index is 871. The van der Waals surface area contributed by atoms with Gasteiger partial charge in [-0.05, 0) is 32.4 Å². The van der Waals surface area contributed by atoms with Crippen molar-refractivity contribution in [1.29, 1.82) is 0 Å². The average molecular weight is 383 g/mol. The van der Waals surface area contributed by atoms with E-state index in [4.69, 9.17) is 31.5 Å². The summed E-state index contributed by atoms with van der Waals surface area (Å²) in [6.45, 7) is 5.90. The van der Waals surface area contributed by atoms with E-state index in [1.54, 1.807) is 18.4 Å². The van der Waals surface area contributed by atoms with Gasteiger partial charge in [-0.25, -0.2) is 4.98 Å². The molecule has 0 spiro atoms. The third-order valence-corrected chi connectivity index (χ3v) is 4.50. The highest BCUT2D eigenvalue weighted by molar-refractivity contribution is 6.28. The lowest BCUT2D eigenvalue weighted by Gasteiger charge is -2.24. The van der Waals surface area contributed by atoms with Crippen LogP contribution < -0.4 is 11.1 Å². The Kier molecular flexibility index (Phi) is 4.03. The second kappa shape index (κ2) is 6.02. The van der Waals surface area contributed by atoms with E-state index in [0.717, 1.165) is 0 Å². The van der Waals surface area contributed by atoms with E-state index in [-0.39, 0.29) is 17.0 Å². The number of carbonyl (C=O) groups is 1. The predicted molar refractivity (Wildman–Crippen MR) is 91.2 cm³/mol. The van der Waals surface area contributed by atoms with Crippen molar-refractivity contribution in [3.8, 4) is 0 Å². The largest absolute Gasteiger partial charge is 0.382 e. The van der Waals surface area contributed by atoms with Crippen LogP contribution >= 0.6 is 11.6 Å². The zero-order valence-corrected chi connectivity index (χ0v) is 15.2. The van der Waals surface area contributed by atoms with Gasteiger partial charge in [-0.1, -0.05) is 0 Å². The number of aromatic nitrogens is 4. The molecule has 4 rings (SSSR count). The molecule has 2 fully saturated rings. The predicted octanol–water partition coefficient (Wildman–Crippen LogP) is 0.615. The number of likely N-dealkylation sites (N-methyl/N-ethyl adjacent to an activating group) is 1. The van der Waals surface area contributed by atoms with E-state index in [1.807, 2.05) is 6.92 Å². The normalized spacial score (nSPS) is 29.8. The number of imidazole rings is 1. The van der Waals surface area contributed by atoms with E-state index in [9.17, 15) is 4.79 Å². The van der Waals surface area contributed by atoms with Gasteiger partial charge in [0.25, 0.3) is 5.91 Å². The number of amides is 1. The Balaban J connectivity index is 1.76. The van der Waals surface area contributed by atoms with E-state index in [0.29, 0.717) is 17.7 Å². The minimum Gasteiger partial charge on any atom is -0.382 e. The van der Waals surface area contributed by atoms with Crippen molar-refractivity contribution in [2.24, 2.45) is 0 Å². The van der Waals surface area contributed by atoms with Gasteiger partial charge in [0.2, 0.25) is 5.28 Å². The molecule has 4 heterocycles. The van der Waals surface area contributed by atoms with Gasteiger partial charge < -0.3 is 25.3 Å². The van der Waals surface area contributed by atoms with Crippen molar-refractivity contribution >= 4 is 34.5 Å². The van der Waals surface area contributed by atoms with Crippen molar-refractivity contribution < 1.29 is 19.0 Å². The number of anilines is 1. The van der Waals surface area contributed by atoms with Crippen LogP contribution in [0.1, 0.15) is 27.0 Å². The molecule has 26 heavy (non-hydrogen) atoms. The highest BCUT2D eigenvalue weighted by Gasteiger charge is 2.58. The SMILES string of the molecule is CCNC(=O)[C@@H]1O[C@H](n2cnc3c(N)nc(Cl)nc32)[C@H]2OC(C)(C)O[C@@H]21. The van der Waals surface area contributed by atoms with Gasteiger partial charge in [-0.15, -0.1) is 0 Å². The highest BCUT2D eigenvalue weighted by Crippen LogP contribution is 2.43.